The fourth-order valence-corrected chi connectivity index (χ4v) is 3.59. The van der Waals surface area contributed by atoms with Crippen molar-refractivity contribution in [1.82, 2.24) is 20.4 Å². The van der Waals surface area contributed by atoms with E-state index in [9.17, 15) is 14.4 Å². The molecular formula is C16H19ClN4O3. The van der Waals surface area contributed by atoms with Crippen molar-refractivity contribution >= 4 is 29.6 Å². The number of benzene rings is 1. The lowest BCUT2D eigenvalue weighted by atomic mass is 9.85. The van der Waals surface area contributed by atoms with Crippen LogP contribution in [0.4, 0.5) is 9.59 Å². The van der Waals surface area contributed by atoms with Gasteiger partial charge >= 0.3 is 12.1 Å². The first-order chi connectivity index (χ1) is 11.5. The molecule has 2 aliphatic heterocycles. The van der Waals surface area contributed by atoms with Gasteiger partial charge < -0.3 is 15.5 Å². The number of hydrogen-bond donors (Lipinski definition) is 2. The van der Waals surface area contributed by atoms with E-state index in [2.05, 4.69) is 10.6 Å². The fourth-order valence-electron chi connectivity index (χ4n) is 3.39. The van der Waals surface area contributed by atoms with Gasteiger partial charge in [0.25, 0.3) is 0 Å². The van der Waals surface area contributed by atoms with Gasteiger partial charge in [0.1, 0.15) is 12.1 Å². The Morgan fingerprint density at radius 1 is 1.12 bits per heavy atom. The van der Waals surface area contributed by atoms with Crippen LogP contribution in [0.2, 0.25) is 5.02 Å². The second kappa shape index (κ2) is 6.32. The minimum atomic E-state index is -0.671. The number of urea groups is 2. The maximum Gasteiger partial charge on any atom is 0.328 e. The third kappa shape index (κ3) is 2.58. The van der Waals surface area contributed by atoms with Crippen LogP contribution in [0, 0.1) is 5.92 Å². The lowest BCUT2D eigenvalue weighted by molar-refractivity contribution is -0.141. The monoisotopic (exact) mass is 350 g/mol. The van der Waals surface area contributed by atoms with Gasteiger partial charge in [0.05, 0.1) is 6.04 Å². The standard InChI is InChI=1S/C16H19ClN4O3/c1-3-20-13-11(14(22)21(4-2)16(20)24)12(18-15(23)19-13)9-6-5-7-10(17)8-9/h5-8,11-13H,3-4H2,1-2H3,(H2,18,19,23). The van der Waals surface area contributed by atoms with Crippen molar-refractivity contribution in [1.29, 1.82) is 0 Å². The van der Waals surface area contributed by atoms with E-state index >= 15 is 0 Å². The molecule has 0 radical (unpaired) electrons. The summed E-state index contributed by atoms with van der Waals surface area (Å²) < 4.78 is 0. The first-order valence-electron chi connectivity index (χ1n) is 7.92. The van der Waals surface area contributed by atoms with E-state index in [4.69, 9.17) is 11.6 Å². The fraction of sp³-hybridized carbons (Fsp3) is 0.438. The molecule has 0 spiro atoms. The number of hydrogen-bond acceptors (Lipinski definition) is 3. The van der Waals surface area contributed by atoms with Crippen LogP contribution in [-0.4, -0.2) is 47.0 Å². The van der Waals surface area contributed by atoms with Crippen LogP contribution in [0.3, 0.4) is 0 Å². The number of halogens is 1. The van der Waals surface area contributed by atoms with Crippen LogP contribution in [0.5, 0.6) is 0 Å². The summed E-state index contributed by atoms with van der Waals surface area (Å²) in [6, 6.07) is 5.71. The number of fused-ring (bicyclic) bond motifs is 1. The predicted octanol–water partition coefficient (Wildman–Crippen LogP) is 1.94. The van der Waals surface area contributed by atoms with E-state index in [0.29, 0.717) is 11.6 Å². The molecule has 1 aromatic carbocycles. The van der Waals surface area contributed by atoms with Crippen LogP contribution >= 0.6 is 11.6 Å². The highest BCUT2D eigenvalue weighted by Gasteiger charge is 2.52. The average Bonchev–Trinajstić information content (AvgIpc) is 2.55. The van der Waals surface area contributed by atoms with Crippen molar-refractivity contribution in [2.75, 3.05) is 13.1 Å². The molecule has 1 aromatic rings. The SMILES string of the molecule is CCN1C(=O)C2C(c3cccc(Cl)c3)NC(=O)NC2N(CC)C1=O. The summed E-state index contributed by atoms with van der Waals surface area (Å²) in [6.07, 6.45) is -0.671. The van der Waals surface area contributed by atoms with Gasteiger partial charge in [0, 0.05) is 18.1 Å². The molecule has 2 heterocycles. The molecule has 0 aromatic heterocycles. The zero-order chi connectivity index (χ0) is 17.4. The molecule has 2 aliphatic rings. The Balaban J connectivity index is 2.06. The zero-order valence-electron chi connectivity index (χ0n) is 13.5. The Kier molecular flexibility index (Phi) is 4.36. The van der Waals surface area contributed by atoms with Gasteiger partial charge in [-0.25, -0.2) is 9.59 Å². The largest absolute Gasteiger partial charge is 0.330 e. The third-order valence-electron chi connectivity index (χ3n) is 4.49. The number of amides is 5. The molecule has 3 unspecified atom stereocenters. The van der Waals surface area contributed by atoms with Crippen LogP contribution < -0.4 is 10.6 Å². The highest BCUT2D eigenvalue weighted by Crippen LogP contribution is 2.35. The Morgan fingerprint density at radius 2 is 1.88 bits per heavy atom. The summed E-state index contributed by atoms with van der Waals surface area (Å²) >= 11 is 6.06. The maximum atomic E-state index is 12.9. The molecule has 2 N–H and O–H groups in total. The summed E-state index contributed by atoms with van der Waals surface area (Å²) in [4.78, 5) is 40.2. The first-order valence-corrected chi connectivity index (χ1v) is 8.30. The molecule has 7 nitrogen and oxygen atoms in total. The van der Waals surface area contributed by atoms with Crippen molar-refractivity contribution in [3.63, 3.8) is 0 Å². The molecule has 3 rings (SSSR count). The zero-order valence-corrected chi connectivity index (χ0v) is 14.2. The molecule has 0 aliphatic carbocycles. The lowest BCUT2D eigenvalue weighted by Crippen LogP contribution is -2.72. The molecule has 3 atom stereocenters. The first kappa shape index (κ1) is 16.6. The van der Waals surface area contributed by atoms with E-state index in [1.54, 1.807) is 25.1 Å². The van der Waals surface area contributed by atoms with E-state index in [1.807, 2.05) is 13.0 Å². The van der Waals surface area contributed by atoms with E-state index in [-0.39, 0.29) is 18.5 Å². The molecule has 0 saturated carbocycles. The number of rotatable bonds is 3. The van der Waals surface area contributed by atoms with Gasteiger partial charge in [-0.2, -0.15) is 0 Å². The van der Waals surface area contributed by atoms with Crippen molar-refractivity contribution in [3.05, 3.63) is 34.9 Å². The Morgan fingerprint density at radius 3 is 2.50 bits per heavy atom. The molecule has 2 fully saturated rings. The summed E-state index contributed by atoms with van der Waals surface area (Å²) in [5.41, 5.74) is 0.738. The highest BCUT2D eigenvalue weighted by molar-refractivity contribution is 6.30. The summed E-state index contributed by atoms with van der Waals surface area (Å²) in [7, 11) is 0. The van der Waals surface area contributed by atoms with E-state index in [0.717, 1.165) is 5.56 Å². The smallest absolute Gasteiger partial charge is 0.328 e. The second-order valence-corrected chi connectivity index (χ2v) is 6.21. The molecule has 128 valence electrons. The number of nitrogens with one attached hydrogen (secondary N) is 2. The molecule has 2 saturated heterocycles. The van der Waals surface area contributed by atoms with Gasteiger partial charge in [-0.3, -0.25) is 9.69 Å². The Hall–Kier alpha value is -2.28. The molecule has 5 amide bonds. The third-order valence-corrected chi connectivity index (χ3v) is 4.73. The molecule has 24 heavy (non-hydrogen) atoms. The average molecular weight is 351 g/mol. The van der Waals surface area contributed by atoms with Gasteiger partial charge in [-0.15, -0.1) is 0 Å². The lowest BCUT2D eigenvalue weighted by Gasteiger charge is -2.49. The normalized spacial score (nSPS) is 26.8. The van der Waals surface area contributed by atoms with Gasteiger partial charge in [0.2, 0.25) is 5.91 Å². The summed E-state index contributed by atoms with van der Waals surface area (Å²) in [5.74, 6) is -0.909. The van der Waals surface area contributed by atoms with Crippen LogP contribution in [0.15, 0.2) is 24.3 Å². The van der Waals surface area contributed by atoms with Crippen molar-refractivity contribution in [2.24, 2.45) is 5.92 Å². The second-order valence-electron chi connectivity index (χ2n) is 5.77. The van der Waals surface area contributed by atoms with Crippen LogP contribution in [0.1, 0.15) is 25.5 Å². The molecule has 8 heteroatoms. The molecular weight excluding hydrogens is 332 g/mol. The van der Waals surface area contributed by atoms with E-state index in [1.165, 1.54) is 9.80 Å². The van der Waals surface area contributed by atoms with Gasteiger partial charge in [-0.1, -0.05) is 23.7 Å². The predicted molar refractivity (Wildman–Crippen MR) is 88.3 cm³/mol. The number of carbonyl (C=O) groups excluding carboxylic acids is 3. The number of carbonyl (C=O) groups is 3. The van der Waals surface area contributed by atoms with Crippen LogP contribution in [0.25, 0.3) is 0 Å². The molecule has 0 bridgehead atoms. The van der Waals surface area contributed by atoms with Crippen LogP contribution in [-0.2, 0) is 4.79 Å². The minimum absolute atomic E-state index is 0.285. The summed E-state index contributed by atoms with van der Waals surface area (Å²) in [5, 5.41) is 6.04. The topological polar surface area (TPSA) is 81.8 Å². The van der Waals surface area contributed by atoms with Gasteiger partial charge in [0.15, 0.2) is 0 Å². The van der Waals surface area contributed by atoms with Crippen molar-refractivity contribution < 1.29 is 14.4 Å². The number of imide groups is 1. The van der Waals surface area contributed by atoms with Gasteiger partial charge in [-0.05, 0) is 31.5 Å². The van der Waals surface area contributed by atoms with Crippen molar-refractivity contribution in [3.8, 4) is 0 Å². The Bertz CT molecular complexity index is 696. The minimum Gasteiger partial charge on any atom is -0.330 e. The maximum absolute atomic E-state index is 12.9. The number of nitrogens with zero attached hydrogens (tertiary/aromatic N) is 2. The van der Waals surface area contributed by atoms with Crippen molar-refractivity contribution in [2.45, 2.75) is 26.1 Å². The highest BCUT2D eigenvalue weighted by atomic mass is 35.5. The Labute approximate surface area is 144 Å². The quantitative estimate of drug-likeness (QED) is 0.874. The summed E-state index contributed by atoms with van der Waals surface area (Å²) in [6.45, 7) is 4.26. The van der Waals surface area contributed by atoms with E-state index < -0.39 is 24.2 Å².